The summed E-state index contributed by atoms with van der Waals surface area (Å²) in [6, 6.07) is 18.1. The minimum absolute atomic E-state index is 0.0836. The fourth-order valence-corrected chi connectivity index (χ4v) is 2.81. The second-order valence-electron chi connectivity index (χ2n) is 6.34. The number of hydrogen-bond donors (Lipinski definition) is 0. The van der Waals surface area contributed by atoms with Gasteiger partial charge in [0.2, 0.25) is 0 Å². The number of benzene rings is 2. The molecule has 1 unspecified atom stereocenters. The first-order valence-corrected chi connectivity index (χ1v) is 8.91. The van der Waals surface area contributed by atoms with Gasteiger partial charge in [-0.25, -0.2) is 0 Å². The Bertz CT molecular complexity index is 1090. The quantitative estimate of drug-likeness (QED) is 0.545. The first-order valence-electron chi connectivity index (χ1n) is 8.91. The summed E-state index contributed by atoms with van der Waals surface area (Å²) in [5.74, 6) is -3.48. The van der Waals surface area contributed by atoms with Gasteiger partial charge in [0.05, 0.1) is 0 Å². The van der Waals surface area contributed by atoms with Crippen molar-refractivity contribution < 1.29 is 27.3 Å². The van der Waals surface area contributed by atoms with Crippen molar-refractivity contribution in [2.45, 2.75) is 12.0 Å². The fraction of sp³-hybridized carbons (Fsp3) is 0.0909. The lowest BCUT2D eigenvalue weighted by Crippen LogP contribution is -2.44. The average molecular weight is 412 g/mol. The molecule has 0 saturated heterocycles. The Morgan fingerprint density at radius 1 is 0.800 bits per heavy atom. The summed E-state index contributed by atoms with van der Waals surface area (Å²) in [6.07, 6.45) is 1.77. The van der Waals surface area contributed by atoms with E-state index < -0.39 is 17.5 Å². The van der Waals surface area contributed by atoms with Gasteiger partial charge in [0.25, 0.3) is 5.90 Å². The second kappa shape index (κ2) is 7.90. The Kier molecular flexibility index (Phi) is 5.14. The highest BCUT2D eigenvalue weighted by molar-refractivity contribution is 5.92. The molecule has 1 aromatic heterocycles. The Balaban J connectivity index is 1.62. The standard InChI is InChI=1S/C22H15F3N2O3/c23-22(24,25)21(29-20(27-30-21)14-12-17-9-5-2-6-10-17)18-15-28-26-19(18)13-11-16-7-3-1-4-8-16/h1-15H/b13-11+,14-12+. The summed E-state index contributed by atoms with van der Waals surface area (Å²) in [6.45, 7) is 0. The van der Waals surface area contributed by atoms with Crippen LogP contribution in [0, 0.1) is 0 Å². The fourth-order valence-electron chi connectivity index (χ4n) is 2.81. The van der Waals surface area contributed by atoms with Crippen molar-refractivity contribution in [2.24, 2.45) is 5.16 Å². The van der Waals surface area contributed by atoms with Crippen LogP contribution in [0.15, 0.2) is 82.7 Å². The van der Waals surface area contributed by atoms with E-state index in [0.717, 1.165) is 17.4 Å². The van der Waals surface area contributed by atoms with Gasteiger partial charge in [0.1, 0.15) is 17.5 Å². The molecule has 0 aliphatic carbocycles. The number of nitrogens with zero attached hydrogens (tertiary/aromatic N) is 2. The smallest absolute Gasteiger partial charge is 0.419 e. The molecule has 2 heterocycles. The van der Waals surface area contributed by atoms with Crippen LogP contribution in [-0.2, 0) is 15.4 Å². The monoisotopic (exact) mass is 412 g/mol. The largest absolute Gasteiger partial charge is 0.475 e. The van der Waals surface area contributed by atoms with E-state index in [9.17, 15) is 13.2 Å². The highest BCUT2D eigenvalue weighted by Gasteiger charge is 2.67. The van der Waals surface area contributed by atoms with Crippen molar-refractivity contribution in [3.05, 3.63) is 95.4 Å². The maximum absolute atomic E-state index is 14.0. The molecule has 8 heteroatoms. The summed E-state index contributed by atoms with van der Waals surface area (Å²) in [5.41, 5.74) is 1.03. The van der Waals surface area contributed by atoms with Crippen LogP contribution in [0.3, 0.4) is 0 Å². The van der Waals surface area contributed by atoms with Crippen molar-refractivity contribution in [1.82, 2.24) is 5.16 Å². The molecule has 0 fully saturated rings. The van der Waals surface area contributed by atoms with Gasteiger partial charge >= 0.3 is 12.0 Å². The van der Waals surface area contributed by atoms with Crippen LogP contribution < -0.4 is 0 Å². The lowest BCUT2D eigenvalue weighted by molar-refractivity contribution is -0.352. The zero-order valence-electron chi connectivity index (χ0n) is 15.4. The maximum atomic E-state index is 14.0. The van der Waals surface area contributed by atoms with Crippen LogP contribution in [0.25, 0.3) is 18.2 Å². The van der Waals surface area contributed by atoms with E-state index in [1.807, 2.05) is 24.3 Å². The molecule has 2 aromatic carbocycles. The second-order valence-corrected chi connectivity index (χ2v) is 6.34. The van der Waals surface area contributed by atoms with Gasteiger partial charge in [-0.15, -0.1) is 0 Å². The molecule has 1 aliphatic rings. The number of oxime groups is 1. The van der Waals surface area contributed by atoms with Crippen LogP contribution >= 0.6 is 0 Å². The highest BCUT2D eigenvalue weighted by Crippen LogP contribution is 2.47. The molecule has 0 N–H and O–H groups in total. The molecule has 0 saturated carbocycles. The minimum atomic E-state index is -4.94. The Labute approximate surface area is 169 Å². The summed E-state index contributed by atoms with van der Waals surface area (Å²) in [7, 11) is 0. The molecule has 0 bridgehead atoms. The molecule has 0 spiro atoms. The lowest BCUT2D eigenvalue weighted by Gasteiger charge is -2.26. The topological polar surface area (TPSA) is 56.9 Å². The van der Waals surface area contributed by atoms with Gasteiger partial charge in [-0.2, -0.15) is 13.2 Å². The first-order chi connectivity index (χ1) is 14.5. The van der Waals surface area contributed by atoms with Gasteiger partial charge in [-0.3, -0.25) is 0 Å². The number of halogens is 3. The zero-order valence-corrected chi connectivity index (χ0v) is 15.4. The van der Waals surface area contributed by atoms with E-state index in [2.05, 4.69) is 10.3 Å². The third-order valence-corrected chi connectivity index (χ3v) is 4.29. The molecule has 0 amide bonds. The Morgan fingerprint density at radius 2 is 1.40 bits per heavy atom. The van der Waals surface area contributed by atoms with Crippen molar-refractivity contribution >= 4 is 24.1 Å². The molecule has 1 atom stereocenters. The maximum Gasteiger partial charge on any atom is 0.475 e. The van der Waals surface area contributed by atoms with Gasteiger partial charge in [0, 0.05) is 6.08 Å². The van der Waals surface area contributed by atoms with E-state index in [1.54, 1.807) is 48.6 Å². The average Bonchev–Trinajstić information content (AvgIpc) is 3.39. The summed E-state index contributed by atoms with van der Waals surface area (Å²) in [5, 5.41) is 7.14. The van der Waals surface area contributed by atoms with E-state index in [0.29, 0.717) is 0 Å². The van der Waals surface area contributed by atoms with Crippen molar-refractivity contribution in [2.75, 3.05) is 0 Å². The SMILES string of the molecule is FC(F)(F)C1(c2conc2/C=C/c2ccccc2)ON=C(/C=C/c2ccccc2)O1. The van der Waals surface area contributed by atoms with Crippen LogP contribution in [-0.4, -0.2) is 17.2 Å². The third kappa shape index (κ3) is 3.84. The van der Waals surface area contributed by atoms with E-state index in [1.165, 1.54) is 12.2 Å². The van der Waals surface area contributed by atoms with Crippen LogP contribution in [0.2, 0.25) is 0 Å². The Morgan fingerprint density at radius 3 is 2.00 bits per heavy atom. The van der Waals surface area contributed by atoms with Crippen molar-refractivity contribution in [3.63, 3.8) is 0 Å². The molecule has 4 rings (SSSR count). The zero-order chi connectivity index (χ0) is 21.0. The van der Waals surface area contributed by atoms with E-state index in [4.69, 9.17) is 14.1 Å². The predicted octanol–water partition coefficient (Wildman–Crippen LogP) is 5.63. The lowest BCUT2D eigenvalue weighted by atomic mass is 10.0. The summed E-state index contributed by atoms with van der Waals surface area (Å²) < 4.78 is 52.0. The third-order valence-electron chi connectivity index (χ3n) is 4.29. The molecule has 3 aromatic rings. The van der Waals surface area contributed by atoms with Crippen molar-refractivity contribution in [3.8, 4) is 0 Å². The van der Waals surface area contributed by atoms with Gasteiger partial charge in [-0.1, -0.05) is 71.9 Å². The normalized spacial score (nSPS) is 19.1. The van der Waals surface area contributed by atoms with Crippen LogP contribution in [0.5, 0.6) is 0 Å². The number of rotatable bonds is 5. The number of aromatic nitrogens is 1. The van der Waals surface area contributed by atoms with Crippen LogP contribution in [0.1, 0.15) is 22.4 Å². The number of hydrogen-bond acceptors (Lipinski definition) is 5. The first kappa shape index (κ1) is 19.5. The molecular weight excluding hydrogens is 397 g/mol. The van der Waals surface area contributed by atoms with Gasteiger partial charge in [-0.05, 0) is 28.4 Å². The van der Waals surface area contributed by atoms with Gasteiger partial charge in [0.15, 0.2) is 0 Å². The highest BCUT2D eigenvalue weighted by atomic mass is 19.4. The van der Waals surface area contributed by atoms with E-state index >= 15 is 0 Å². The Hall–Kier alpha value is -3.81. The number of alkyl halides is 3. The summed E-state index contributed by atoms with van der Waals surface area (Å²) in [4.78, 5) is 4.80. The summed E-state index contributed by atoms with van der Waals surface area (Å²) >= 11 is 0. The number of ether oxygens (including phenoxy) is 1. The van der Waals surface area contributed by atoms with Crippen molar-refractivity contribution in [1.29, 1.82) is 0 Å². The van der Waals surface area contributed by atoms with Gasteiger partial charge < -0.3 is 14.1 Å². The minimum Gasteiger partial charge on any atom is -0.419 e. The van der Waals surface area contributed by atoms with E-state index in [-0.39, 0.29) is 11.6 Å². The molecule has 0 radical (unpaired) electrons. The molecule has 5 nitrogen and oxygen atoms in total. The molecule has 1 aliphatic heterocycles. The molecule has 30 heavy (non-hydrogen) atoms. The predicted molar refractivity (Wildman–Crippen MR) is 105 cm³/mol. The van der Waals surface area contributed by atoms with Crippen LogP contribution in [0.4, 0.5) is 13.2 Å². The molecule has 152 valence electrons. The molecular formula is C22H15F3N2O3.